The van der Waals surface area contributed by atoms with Crippen molar-refractivity contribution < 1.29 is 22.7 Å². The quantitative estimate of drug-likeness (QED) is 0.623. The highest BCUT2D eigenvalue weighted by Crippen LogP contribution is 2.24. The summed E-state index contributed by atoms with van der Waals surface area (Å²) in [6.07, 6.45) is -0.713. The molecule has 1 atom stereocenters. The Hall–Kier alpha value is -2.29. The van der Waals surface area contributed by atoms with Gasteiger partial charge in [0.2, 0.25) is 10.0 Å². The highest BCUT2D eigenvalue weighted by atomic mass is 35.5. The van der Waals surface area contributed by atoms with Crippen molar-refractivity contribution in [2.75, 3.05) is 27.2 Å². The van der Waals surface area contributed by atoms with Gasteiger partial charge in [0.05, 0.1) is 16.5 Å². The molecule has 9 heteroatoms. The highest BCUT2D eigenvalue weighted by molar-refractivity contribution is 7.89. The summed E-state index contributed by atoms with van der Waals surface area (Å²) in [5.41, 5.74) is 0. The minimum atomic E-state index is -3.47. The minimum absolute atomic E-state index is 0.184. The van der Waals surface area contributed by atoms with Crippen LogP contribution < -0.4 is 14.8 Å². The molecular weight excluding hydrogens is 404 g/mol. The number of sulfonamides is 1. The van der Waals surface area contributed by atoms with E-state index in [1.165, 1.54) is 26.2 Å². The van der Waals surface area contributed by atoms with Crippen molar-refractivity contribution in [3.8, 4) is 11.5 Å². The average Bonchev–Trinajstić information content (AvgIpc) is 2.67. The lowest BCUT2D eigenvalue weighted by Crippen LogP contribution is -2.38. The van der Waals surface area contributed by atoms with Gasteiger partial charge in [-0.3, -0.25) is 4.79 Å². The summed E-state index contributed by atoms with van der Waals surface area (Å²) in [5, 5.41) is 3.14. The van der Waals surface area contributed by atoms with Crippen LogP contribution in [0.1, 0.15) is 6.92 Å². The van der Waals surface area contributed by atoms with E-state index >= 15 is 0 Å². The van der Waals surface area contributed by atoms with Gasteiger partial charge >= 0.3 is 0 Å². The number of hydrogen-bond acceptors (Lipinski definition) is 5. The lowest BCUT2D eigenvalue weighted by Gasteiger charge is -2.16. The van der Waals surface area contributed by atoms with E-state index in [1.54, 1.807) is 43.3 Å². The van der Waals surface area contributed by atoms with E-state index in [0.29, 0.717) is 16.5 Å². The van der Waals surface area contributed by atoms with Crippen molar-refractivity contribution in [3.05, 3.63) is 53.6 Å². The third-order valence-electron chi connectivity index (χ3n) is 3.78. The van der Waals surface area contributed by atoms with E-state index < -0.39 is 16.1 Å². The molecule has 0 bridgehead atoms. The number of ether oxygens (including phenoxy) is 2. The van der Waals surface area contributed by atoms with E-state index in [9.17, 15) is 13.2 Å². The number of benzene rings is 2. The Morgan fingerprint density at radius 1 is 1.14 bits per heavy atom. The maximum atomic E-state index is 12.1. The van der Waals surface area contributed by atoms with Gasteiger partial charge in [-0.05, 0) is 43.3 Å². The molecular formula is C19H23ClN2O5S. The second kappa shape index (κ2) is 9.77. The van der Waals surface area contributed by atoms with Crippen LogP contribution in [-0.2, 0) is 14.8 Å². The molecule has 0 aromatic heterocycles. The number of carbonyl (C=O) groups excluding carboxylic acids is 1. The normalized spacial score (nSPS) is 12.5. The van der Waals surface area contributed by atoms with Crippen LogP contribution in [0.15, 0.2) is 53.4 Å². The van der Waals surface area contributed by atoms with Crippen LogP contribution in [0, 0.1) is 0 Å². The Balaban J connectivity index is 1.78. The Morgan fingerprint density at radius 3 is 2.39 bits per heavy atom. The molecule has 0 radical (unpaired) electrons. The fourth-order valence-corrected chi connectivity index (χ4v) is 3.27. The second-order valence-electron chi connectivity index (χ2n) is 6.09. The summed E-state index contributed by atoms with van der Waals surface area (Å²) in [4.78, 5) is 12.3. The molecule has 0 aliphatic heterocycles. The topological polar surface area (TPSA) is 84.9 Å². The third kappa shape index (κ3) is 5.85. The van der Waals surface area contributed by atoms with Gasteiger partial charge in [-0.2, -0.15) is 0 Å². The number of amides is 1. The van der Waals surface area contributed by atoms with E-state index in [2.05, 4.69) is 5.32 Å². The molecule has 0 saturated carbocycles. The number of rotatable bonds is 9. The van der Waals surface area contributed by atoms with E-state index in [1.807, 2.05) is 0 Å². The van der Waals surface area contributed by atoms with E-state index in [0.717, 1.165) is 4.31 Å². The molecule has 28 heavy (non-hydrogen) atoms. The molecule has 2 aromatic carbocycles. The molecule has 0 heterocycles. The number of carbonyl (C=O) groups is 1. The zero-order valence-corrected chi connectivity index (χ0v) is 17.5. The zero-order valence-electron chi connectivity index (χ0n) is 15.9. The SMILES string of the molecule is CC(Oc1ccccc1Cl)C(=O)NCCOc1ccc(S(=O)(=O)N(C)C)cc1. The second-order valence-corrected chi connectivity index (χ2v) is 8.65. The fraction of sp³-hybridized carbons (Fsp3) is 0.316. The molecule has 0 spiro atoms. The number of nitrogens with zero attached hydrogens (tertiary/aromatic N) is 1. The smallest absolute Gasteiger partial charge is 0.260 e. The third-order valence-corrected chi connectivity index (χ3v) is 5.92. The molecule has 1 unspecified atom stereocenters. The van der Waals surface area contributed by atoms with Crippen LogP contribution >= 0.6 is 11.6 Å². The average molecular weight is 427 g/mol. The van der Waals surface area contributed by atoms with Crippen molar-refractivity contribution in [2.45, 2.75) is 17.9 Å². The van der Waals surface area contributed by atoms with Gasteiger partial charge in [0, 0.05) is 14.1 Å². The number of hydrogen-bond donors (Lipinski definition) is 1. The summed E-state index contributed by atoms with van der Waals surface area (Å²) < 4.78 is 36.2. The van der Waals surface area contributed by atoms with Gasteiger partial charge in [0.1, 0.15) is 18.1 Å². The first-order chi connectivity index (χ1) is 13.2. The van der Waals surface area contributed by atoms with Crippen LogP contribution in [0.25, 0.3) is 0 Å². The van der Waals surface area contributed by atoms with Crippen molar-refractivity contribution in [3.63, 3.8) is 0 Å². The number of nitrogens with one attached hydrogen (secondary N) is 1. The van der Waals surface area contributed by atoms with Crippen LogP contribution in [0.5, 0.6) is 11.5 Å². The molecule has 0 saturated heterocycles. The van der Waals surface area contributed by atoms with E-state index in [4.69, 9.17) is 21.1 Å². The summed E-state index contributed by atoms with van der Waals surface area (Å²) in [7, 11) is -0.529. The molecule has 0 aliphatic rings. The maximum Gasteiger partial charge on any atom is 0.260 e. The maximum absolute atomic E-state index is 12.1. The number of para-hydroxylation sites is 1. The van der Waals surface area contributed by atoms with E-state index in [-0.39, 0.29) is 24.0 Å². The first kappa shape index (κ1) is 22.0. The van der Waals surface area contributed by atoms with Crippen LogP contribution in [-0.4, -0.2) is 52.0 Å². The Kier molecular flexibility index (Phi) is 7.68. The fourth-order valence-electron chi connectivity index (χ4n) is 2.19. The summed E-state index contributed by atoms with van der Waals surface area (Å²) in [6.45, 7) is 2.13. The summed E-state index contributed by atoms with van der Waals surface area (Å²) in [5.74, 6) is 0.652. The summed E-state index contributed by atoms with van der Waals surface area (Å²) >= 11 is 6.01. The first-order valence-electron chi connectivity index (χ1n) is 8.56. The van der Waals surface area contributed by atoms with Gasteiger partial charge in [-0.15, -0.1) is 0 Å². The van der Waals surface area contributed by atoms with Crippen LogP contribution in [0.3, 0.4) is 0 Å². The van der Waals surface area contributed by atoms with Gasteiger partial charge in [0.15, 0.2) is 6.10 Å². The molecule has 1 N–H and O–H groups in total. The lowest BCUT2D eigenvalue weighted by atomic mass is 10.3. The molecule has 0 fully saturated rings. The molecule has 7 nitrogen and oxygen atoms in total. The minimum Gasteiger partial charge on any atom is -0.492 e. The Bertz CT molecular complexity index is 901. The van der Waals surface area contributed by atoms with Crippen molar-refractivity contribution in [1.82, 2.24) is 9.62 Å². The molecule has 1 amide bonds. The zero-order chi connectivity index (χ0) is 20.7. The predicted octanol–water partition coefficient (Wildman–Crippen LogP) is 2.55. The van der Waals surface area contributed by atoms with Crippen molar-refractivity contribution >= 4 is 27.5 Å². The Labute approximate surface area is 170 Å². The van der Waals surface area contributed by atoms with Crippen LogP contribution in [0.2, 0.25) is 5.02 Å². The predicted molar refractivity (Wildman–Crippen MR) is 107 cm³/mol. The number of halogens is 1. The van der Waals surface area contributed by atoms with Crippen molar-refractivity contribution in [2.24, 2.45) is 0 Å². The van der Waals surface area contributed by atoms with Crippen LogP contribution in [0.4, 0.5) is 0 Å². The van der Waals surface area contributed by atoms with Crippen molar-refractivity contribution in [1.29, 1.82) is 0 Å². The lowest BCUT2D eigenvalue weighted by molar-refractivity contribution is -0.127. The summed E-state index contributed by atoms with van der Waals surface area (Å²) in [6, 6.07) is 13.0. The molecule has 2 rings (SSSR count). The highest BCUT2D eigenvalue weighted by Gasteiger charge is 2.17. The molecule has 152 valence electrons. The largest absolute Gasteiger partial charge is 0.492 e. The van der Waals surface area contributed by atoms with Gasteiger partial charge in [-0.1, -0.05) is 23.7 Å². The van der Waals surface area contributed by atoms with Gasteiger partial charge in [0.25, 0.3) is 5.91 Å². The van der Waals surface area contributed by atoms with Gasteiger partial charge in [-0.25, -0.2) is 12.7 Å². The monoisotopic (exact) mass is 426 g/mol. The van der Waals surface area contributed by atoms with Gasteiger partial charge < -0.3 is 14.8 Å². The Morgan fingerprint density at radius 2 is 1.79 bits per heavy atom. The molecule has 2 aromatic rings. The molecule has 0 aliphatic carbocycles. The standard InChI is InChI=1S/C19H23ClN2O5S/c1-14(27-18-7-5-4-6-17(18)20)19(23)21-12-13-26-15-8-10-16(11-9-15)28(24,25)22(2)3/h4-11,14H,12-13H2,1-3H3,(H,21,23). The first-order valence-corrected chi connectivity index (χ1v) is 10.4.